The van der Waals surface area contributed by atoms with Gasteiger partial charge in [-0.3, -0.25) is 4.90 Å². The fourth-order valence-electron chi connectivity index (χ4n) is 2.49. The minimum absolute atomic E-state index is 0.499. The third-order valence-corrected chi connectivity index (χ3v) is 3.80. The maximum atomic E-state index is 8.85. The molecular formula is C17H20N4O. The fraction of sp³-hybridized carbons (Fsp3) is 0.471. The van der Waals surface area contributed by atoms with Gasteiger partial charge in [-0.05, 0) is 43.5 Å². The Bertz CT molecular complexity index is 652. The van der Waals surface area contributed by atoms with Crippen LogP contribution in [0.15, 0.2) is 28.7 Å². The Labute approximate surface area is 130 Å². The highest BCUT2D eigenvalue weighted by molar-refractivity contribution is 5.31. The van der Waals surface area contributed by atoms with Gasteiger partial charge < -0.3 is 4.42 Å². The summed E-state index contributed by atoms with van der Waals surface area (Å²) in [6, 6.07) is 9.87. The Morgan fingerprint density at radius 2 is 2.00 bits per heavy atom. The normalized spacial score (nSPS) is 14.2. The van der Waals surface area contributed by atoms with Crippen molar-refractivity contribution in [1.29, 1.82) is 5.26 Å². The molecule has 1 fully saturated rings. The molecule has 0 saturated heterocycles. The molecule has 0 aliphatic heterocycles. The van der Waals surface area contributed by atoms with Crippen LogP contribution in [0, 0.1) is 11.3 Å². The molecule has 1 heterocycles. The van der Waals surface area contributed by atoms with Crippen molar-refractivity contribution in [3.05, 3.63) is 47.2 Å². The predicted molar refractivity (Wildman–Crippen MR) is 81.8 cm³/mol. The van der Waals surface area contributed by atoms with Gasteiger partial charge in [-0.25, -0.2) is 0 Å². The average molecular weight is 296 g/mol. The molecule has 1 aliphatic carbocycles. The van der Waals surface area contributed by atoms with Crippen molar-refractivity contribution < 1.29 is 4.42 Å². The summed E-state index contributed by atoms with van der Waals surface area (Å²) in [6.07, 6.45) is 3.41. The lowest BCUT2D eigenvalue weighted by atomic mass is 10.1. The van der Waals surface area contributed by atoms with Crippen LogP contribution in [0.1, 0.15) is 55.0 Å². The van der Waals surface area contributed by atoms with Crippen molar-refractivity contribution in [2.45, 2.75) is 45.2 Å². The summed E-state index contributed by atoms with van der Waals surface area (Å²) in [4.78, 5) is 2.30. The highest BCUT2D eigenvalue weighted by Gasteiger charge is 2.29. The van der Waals surface area contributed by atoms with E-state index in [0.29, 0.717) is 23.9 Å². The summed E-state index contributed by atoms with van der Waals surface area (Å²) < 4.78 is 5.75. The Morgan fingerprint density at radius 1 is 1.23 bits per heavy atom. The molecule has 5 heteroatoms. The molecule has 1 aromatic heterocycles. The Kier molecular flexibility index (Phi) is 4.50. The van der Waals surface area contributed by atoms with Crippen molar-refractivity contribution in [3.8, 4) is 6.07 Å². The minimum Gasteiger partial charge on any atom is -0.424 e. The summed E-state index contributed by atoms with van der Waals surface area (Å²) in [6.45, 7) is 4.63. The molecule has 0 bridgehead atoms. The third kappa shape index (κ3) is 3.71. The number of nitriles is 1. The maximum absolute atomic E-state index is 8.85. The largest absolute Gasteiger partial charge is 0.424 e. The quantitative estimate of drug-likeness (QED) is 0.784. The first-order chi connectivity index (χ1) is 10.8. The van der Waals surface area contributed by atoms with Gasteiger partial charge in [-0.15, -0.1) is 10.2 Å². The zero-order valence-electron chi connectivity index (χ0n) is 12.8. The van der Waals surface area contributed by atoms with Crippen LogP contribution < -0.4 is 0 Å². The second-order valence-electron chi connectivity index (χ2n) is 5.83. The van der Waals surface area contributed by atoms with Crippen molar-refractivity contribution in [2.75, 3.05) is 6.54 Å². The molecule has 3 rings (SSSR count). The van der Waals surface area contributed by atoms with Gasteiger partial charge in [0.1, 0.15) is 0 Å². The second-order valence-corrected chi connectivity index (χ2v) is 5.83. The number of hydrogen-bond donors (Lipinski definition) is 0. The molecular weight excluding hydrogens is 276 g/mol. The molecule has 114 valence electrons. The molecule has 0 spiro atoms. The van der Waals surface area contributed by atoms with Gasteiger partial charge in [0.25, 0.3) is 0 Å². The molecule has 0 atom stereocenters. The van der Waals surface area contributed by atoms with E-state index >= 15 is 0 Å². The predicted octanol–water partition coefficient (Wildman–Crippen LogP) is 3.23. The van der Waals surface area contributed by atoms with Crippen LogP contribution in [-0.4, -0.2) is 21.6 Å². The molecule has 1 saturated carbocycles. The fourth-order valence-corrected chi connectivity index (χ4v) is 2.49. The molecule has 0 radical (unpaired) electrons. The highest BCUT2D eigenvalue weighted by atomic mass is 16.4. The van der Waals surface area contributed by atoms with Crippen molar-refractivity contribution in [2.24, 2.45) is 0 Å². The Hall–Kier alpha value is -2.19. The number of benzene rings is 1. The Morgan fingerprint density at radius 3 is 2.64 bits per heavy atom. The summed E-state index contributed by atoms with van der Waals surface area (Å²) in [5, 5.41) is 17.2. The zero-order chi connectivity index (χ0) is 15.4. The maximum Gasteiger partial charge on any atom is 0.230 e. The monoisotopic (exact) mass is 296 g/mol. The van der Waals surface area contributed by atoms with Gasteiger partial charge in [-0.2, -0.15) is 5.26 Å². The molecule has 22 heavy (non-hydrogen) atoms. The van der Waals surface area contributed by atoms with E-state index in [1.165, 1.54) is 18.4 Å². The van der Waals surface area contributed by atoms with E-state index in [4.69, 9.17) is 9.68 Å². The third-order valence-electron chi connectivity index (χ3n) is 3.80. The molecule has 0 unspecified atom stereocenters. The number of rotatable bonds is 7. The summed E-state index contributed by atoms with van der Waals surface area (Å²) in [5.74, 6) is 1.99. The van der Waals surface area contributed by atoms with Gasteiger partial charge in [0.05, 0.1) is 18.2 Å². The first-order valence-corrected chi connectivity index (χ1v) is 7.82. The molecule has 5 nitrogen and oxygen atoms in total. The topological polar surface area (TPSA) is 66.0 Å². The van der Waals surface area contributed by atoms with Gasteiger partial charge in [0, 0.05) is 12.5 Å². The first kappa shape index (κ1) is 14.7. The van der Waals surface area contributed by atoms with Crippen LogP contribution in [-0.2, 0) is 13.1 Å². The van der Waals surface area contributed by atoms with E-state index in [-0.39, 0.29) is 0 Å². The van der Waals surface area contributed by atoms with Gasteiger partial charge in [0.2, 0.25) is 11.8 Å². The molecule has 0 N–H and O–H groups in total. The van der Waals surface area contributed by atoms with Crippen LogP contribution in [0.25, 0.3) is 0 Å². The molecule has 2 aromatic rings. The van der Waals surface area contributed by atoms with E-state index in [9.17, 15) is 0 Å². The second kappa shape index (κ2) is 6.71. The van der Waals surface area contributed by atoms with Crippen LogP contribution >= 0.6 is 0 Å². The van der Waals surface area contributed by atoms with Gasteiger partial charge >= 0.3 is 0 Å². The van der Waals surface area contributed by atoms with E-state index < -0.39 is 0 Å². The molecule has 0 amide bonds. The van der Waals surface area contributed by atoms with E-state index in [2.05, 4.69) is 28.1 Å². The van der Waals surface area contributed by atoms with E-state index in [1.54, 1.807) is 0 Å². The lowest BCUT2D eigenvalue weighted by Crippen LogP contribution is -2.23. The standard InChI is InChI=1S/C17H20N4O/c1-2-9-21(11-14-5-3-13(10-18)4-6-14)12-16-19-20-17(22-16)15-7-8-15/h3-6,15H,2,7-9,11-12H2,1H3. The SMILES string of the molecule is CCCN(Cc1ccc(C#N)cc1)Cc1nnc(C2CC2)o1. The lowest BCUT2D eigenvalue weighted by molar-refractivity contribution is 0.229. The molecule has 1 aliphatic rings. The van der Waals surface area contributed by atoms with Crippen molar-refractivity contribution >= 4 is 0 Å². The summed E-state index contributed by atoms with van der Waals surface area (Å²) in [5.41, 5.74) is 1.88. The van der Waals surface area contributed by atoms with Crippen molar-refractivity contribution in [3.63, 3.8) is 0 Å². The van der Waals surface area contributed by atoms with Gasteiger partial charge in [-0.1, -0.05) is 19.1 Å². The zero-order valence-corrected chi connectivity index (χ0v) is 12.8. The minimum atomic E-state index is 0.499. The summed E-state index contributed by atoms with van der Waals surface area (Å²) in [7, 11) is 0. The Balaban J connectivity index is 1.64. The lowest BCUT2D eigenvalue weighted by Gasteiger charge is -2.19. The van der Waals surface area contributed by atoms with Crippen LogP contribution in [0.4, 0.5) is 0 Å². The van der Waals surface area contributed by atoms with Crippen LogP contribution in [0.2, 0.25) is 0 Å². The number of hydrogen-bond acceptors (Lipinski definition) is 5. The smallest absolute Gasteiger partial charge is 0.230 e. The van der Waals surface area contributed by atoms with Crippen molar-refractivity contribution in [1.82, 2.24) is 15.1 Å². The molecule has 1 aromatic carbocycles. The highest BCUT2D eigenvalue weighted by Crippen LogP contribution is 2.39. The average Bonchev–Trinajstić information content (AvgIpc) is 3.28. The first-order valence-electron chi connectivity index (χ1n) is 7.82. The van der Waals surface area contributed by atoms with E-state index in [0.717, 1.165) is 25.4 Å². The summed E-state index contributed by atoms with van der Waals surface area (Å²) >= 11 is 0. The number of nitrogens with zero attached hydrogens (tertiary/aromatic N) is 4. The van der Waals surface area contributed by atoms with Crippen LogP contribution in [0.3, 0.4) is 0 Å². The number of aromatic nitrogens is 2. The van der Waals surface area contributed by atoms with E-state index in [1.807, 2.05) is 24.3 Å². The van der Waals surface area contributed by atoms with Gasteiger partial charge in [0.15, 0.2) is 0 Å². The van der Waals surface area contributed by atoms with Crippen LogP contribution in [0.5, 0.6) is 0 Å².